The molecule has 2 unspecified atom stereocenters. The lowest BCUT2D eigenvalue weighted by Crippen LogP contribution is -2.50. The van der Waals surface area contributed by atoms with Gasteiger partial charge in [-0.25, -0.2) is 4.98 Å². The first-order chi connectivity index (χ1) is 8.61. The number of anilines is 1. The fourth-order valence-electron chi connectivity index (χ4n) is 2.24. The summed E-state index contributed by atoms with van der Waals surface area (Å²) in [7, 11) is 0. The topological polar surface area (TPSA) is 56.3 Å². The summed E-state index contributed by atoms with van der Waals surface area (Å²) >= 11 is 0. The normalized spacial score (nSPS) is 21.9. The van der Waals surface area contributed by atoms with Gasteiger partial charge in [0.05, 0.1) is 18.4 Å². The van der Waals surface area contributed by atoms with Gasteiger partial charge >= 0.3 is 0 Å². The minimum Gasteiger partial charge on any atom is -0.373 e. The first-order valence-corrected chi connectivity index (χ1v) is 6.38. The van der Waals surface area contributed by atoms with Crippen molar-refractivity contribution in [2.24, 2.45) is 5.73 Å². The molecule has 18 heavy (non-hydrogen) atoms. The highest BCUT2D eigenvalue weighted by Crippen LogP contribution is 2.18. The van der Waals surface area contributed by atoms with Crippen LogP contribution in [0.15, 0.2) is 18.9 Å². The summed E-state index contributed by atoms with van der Waals surface area (Å²) in [6.45, 7) is 10.9. The Morgan fingerprint density at radius 3 is 3.17 bits per heavy atom. The molecule has 0 aliphatic carbocycles. The Hall–Kier alpha value is -1.33. The maximum atomic E-state index is 5.91. The summed E-state index contributed by atoms with van der Waals surface area (Å²) in [6, 6.07) is 0.0386. The van der Waals surface area contributed by atoms with E-state index in [1.807, 2.05) is 26.1 Å². The van der Waals surface area contributed by atoms with Crippen LogP contribution >= 0.6 is 0 Å². The fraction of sp³-hybridized carbons (Fsp3) is 0.615. The maximum Gasteiger partial charge on any atom is 0.206 e. The van der Waals surface area contributed by atoms with E-state index in [0.717, 1.165) is 31.3 Å². The Kier molecular flexibility index (Phi) is 4.04. The summed E-state index contributed by atoms with van der Waals surface area (Å²) in [5, 5.41) is 0. The SMILES string of the molecule is C=CCn1cc(C)nc1N1CCOC(C(C)N)C1. The van der Waals surface area contributed by atoms with Crippen molar-refractivity contribution in [1.82, 2.24) is 9.55 Å². The molecule has 1 aromatic heterocycles. The molecule has 0 amide bonds. The molecule has 0 radical (unpaired) electrons. The van der Waals surface area contributed by atoms with Gasteiger partial charge in [-0.1, -0.05) is 6.08 Å². The molecule has 1 aliphatic heterocycles. The highest BCUT2D eigenvalue weighted by molar-refractivity contribution is 5.34. The van der Waals surface area contributed by atoms with Crippen molar-refractivity contribution in [2.75, 3.05) is 24.6 Å². The van der Waals surface area contributed by atoms with E-state index in [1.165, 1.54) is 0 Å². The van der Waals surface area contributed by atoms with Gasteiger partial charge in [-0.15, -0.1) is 6.58 Å². The Balaban J connectivity index is 2.17. The zero-order valence-corrected chi connectivity index (χ0v) is 11.2. The standard InChI is InChI=1S/C13H22N4O/c1-4-5-16-8-10(2)15-13(16)17-6-7-18-12(9-17)11(3)14/h4,8,11-12H,1,5-7,9,14H2,2-3H3. The third-order valence-corrected chi connectivity index (χ3v) is 3.16. The van der Waals surface area contributed by atoms with Gasteiger partial charge in [-0.05, 0) is 13.8 Å². The van der Waals surface area contributed by atoms with Crippen LogP contribution in [0.25, 0.3) is 0 Å². The predicted octanol–water partition coefficient (Wildman–Crippen LogP) is 0.930. The average molecular weight is 250 g/mol. The van der Waals surface area contributed by atoms with Crippen LogP contribution in [0.1, 0.15) is 12.6 Å². The summed E-state index contributed by atoms with van der Waals surface area (Å²) in [6.07, 6.45) is 4.01. The first kappa shape index (κ1) is 13.1. The highest BCUT2D eigenvalue weighted by atomic mass is 16.5. The van der Waals surface area contributed by atoms with Crippen LogP contribution in [0.5, 0.6) is 0 Å². The van der Waals surface area contributed by atoms with Crippen LogP contribution in [-0.2, 0) is 11.3 Å². The van der Waals surface area contributed by atoms with Gasteiger partial charge < -0.3 is 19.9 Å². The van der Waals surface area contributed by atoms with E-state index in [4.69, 9.17) is 10.5 Å². The number of rotatable bonds is 4. The zero-order valence-electron chi connectivity index (χ0n) is 11.2. The van der Waals surface area contributed by atoms with E-state index in [-0.39, 0.29) is 12.1 Å². The highest BCUT2D eigenvalue weighted by Gasteiger charge is 2.25. The second kappa shape index (κ2) is 5.54. The molecule has 2 rings (SSSR count). The van der Waals surface area contributed by atoms with Gasteiger partial charge in [-0.2, -0.15) is 0 Å². The van der Waals surface area contributed by atoms with Crippen molar-refractivity contribution in [1.29, 1.82) is 0 Å². The maximum absolute atomic E-state index is 5.91. The van der Waals surface area contributed by atoms with Gasteiger partial charge in [-0.3, -0.25) is 0 Å². The van der Waals surface area contributed by atoms with Crippen molar-refractivity contribution in [2.45, 2.75) is 32.5 Å². The van der Waals surface area contributed by atoms with E-state index >= 15 is 0 Å². The number of hydrogen-bond acceptors (Lipinski definition) is 4. The largest absolute Gasteiger partial charge is 0.373 e. The number of aromatic nitrogens is 2. The number of allylic oxidation sites excluding steroid dienone is 1. The average Bonchev–Trinajstić information content (AvgIpc) is 2.71. The molecule has 0 spiro atoms. The van der Waals surface area contributed by atoms with Crippen molar-refractivity contribution in [3.63, 3.8) is 0 Å². The number of nitrogens with two attached hydrogens (primary N) is 1. The summed E-state index contributed by atoms with van der Waals surface area (Å²) < 4.78 is 7.79. The lowest BCUT2D eigenvalue weighted by molar-refractivity contribution is 0.0269. The van der Waals surface area contributed by atoms with E-state index < -0.39 is 0 Å². The Morgan fingerprint density at radius 1 is 1.72 bits per heavy atom. The smallest absolute Gasteiger partial charge is 0.206 e. The van der Waals surface area contributed by atoms with Crippen LogP contribution in [-0.4, -0.2) is 41.4 Å². The molecular weight excluding hydrogens is 228 g/mol. The van der Waals surface area contributed by atoms with Crippen LogP contribution in [0.4, 0.5) is 5.95 Å². The lowest BCUT2D eigenvalue weighted by atomic mass is 10.1. The van der Waals surface area contributed by atoms with Crippen molar-refractivity contribution in [3.8, 4) is 0 Å². The van der Waals surface area contributed by atoms with Gasteiger partial charge in [0.25, 0.3) is 0 Å². The molecule has 1 aromatic rings. The number of imidazole rings is 1. The van der Waals surface area contributed by atoms with Crippen LogP contribution in [0.2, 0.25) is 0 Å². The summed E-state index contributed by atoms with van der Waals surface area (Å²) in [4.78, 5) is 6.84. The number of hydrogen-bond donors (Lipinski definition) is 1. The lowest BCUT2D eigenvalue weighted by Gasteiger charge is -2.35. The third kappa shape index (κ3) is 2.73. The molecule has 5 heteroatoms. The Bertz CT molecular complexity index is 413. The van der Waals surface area contributed by atoms with E-state index in [2.05, 4.69) is 21.0 Å². The molecule has 100 valence electrons. The monoisotopic (exact) mass is 250 g/mol. The molecule has 0 aromatic carbocycles. The van der Waals surface area contributed by atoms with E-state index in [9.17, 15) is 0 Å². The number of ether oxygens (including phenoxy) is 1. The third-order valence-electron chi connectivity index (χ3n) is 3.16. The van der Waals surface area contributed by atoms with Crippen molar-refractivity contribution >= 4 is 5.95 Å². The first-order valence-electron chi connectivity index (χ1n) is 6.38. The summed E-state index contributed by atoms with van der Waals surface area (Å²) in [5.74, 6) is 0.987. The minimum absolute atomic E-state index is 0.0386. The zero-order chi connectivity index (χ0) is 13.1. The summed E-state index contributed by atoms with van der Waals surface area (Å²) in [5.41, 5.74) is 6.94. The second-order valence-corrected chi connectivity index (χ2v) is 4.84. The molecule has 2 atom stereocenters. The number of nitrogens with zero attached hydrogens (tertiary/aromatic N) is 3. The molecule has 0 bridgehead atoms. The molecule has 1 saturated heterocycles. The van der Waals surface area contributed by atoms with Crippen LogP contribution in [0.3, 0.4) is 0 Å². The molecule has 1 aliphatic rings. The van der Waals surface area contributed by atoms with Crippen molar-refractivity contribution in [3.05, 3.63) is 24.5 Å². The van der Waals surface area contributed by atoms with E-state index in [1.54, 1.807) is 0 Å². The predicted molar refractivity (Wildman–Crippen MR) is 72.8 cm³/mol. The van der Waals surface area contributed by atoms with Gasteiger partial charge in [0, 0.05) is 31.9 Å². The van der Waals surface area contributed by atoms with Gasteiger partial charge in [0.2, 0.25) is 5.95 Å². The molecule has 0 saturated carbocycles. The molecule has 1 fully saturated rings. The van der Waals surface area contributed by atoms with Gasteiger partial charge in [0.1, 0.15) is 0 Å². The fourth-order valence-corrected chi connectivity index (χ4v) is 2.24. The quantitative estimate of drug-likeness (QED) is 0.808. The molecule has 2 heterocycles. The molecular formula is C13H22N4O. The number of morpholine rings is 1. The van der Waals surface area contributed by atoms with E-state index in [0.29, 0.717) is 6.61 Å². The van der Waals surface area contributed by atoms with Crippen LogP contribution < -0.4 is 10.6 Å². The van der Waals surface area contributed by atoms with Crippen LogP contribution in [0, 0.1) is 6.92 Å². The molecule has 5 nitrogen and oxygen atoms in total. The minimum atomic E-state index is 0.0386. The number of aryl methyl sites for hydroxylation is 1. The van der Waals surface area contributed by atoms with Gasteiger partial charge in [0.15, 0.2) is 0 Å². The Morgan fingerprint density at radius 2 is 2.50 bits per heavy atom. The van der Waals surface area contributed by atoms with Crippen molar-refractivity contribution < 1.29 is 4.74 Å². The second-order valence-electron chi connectivity index (χ2n) is 4.84. The Labute approximate surface area is 108 Å². The molecule has 2 N–H and O–H groups in total.